The van der Waals surface area contributed by atoms with Crippen molar-refractivity contribution in [2.45, 2.75) is 52.6 Å². The van der Waals surface area contributed by atoms with E-state index in [-0.39, 0.29) is 0 Å². The summed E-state index contributed by atoms with van der Waals surface area (Å²) in [6.07, 6.45) is 5.39. The van der Waals surface area contributed by atoms with E-state index < -0.39 is 0 Å². The first-order valence-corrected chi connectivity index (χ1v) is 7.69. The molecular weight excluding hydrogens is 238 g/mol. The first kappa shape index (κ1) is 14.5. The average molecular weight is 265 g/mol. The first-order valence-electron chi connectivity index (χ1n) is 7.69. The van der Waals surface area contributed by atoms with E-state index in [1.54, 1.807) is 0 Å². The molecule has 0 radical (unpaired) electrons. The van der Waals surface area contributed by atoms with Crippen LogP contribution in [-0.2, 0) is 13.1 Å². The van der Waals surface area contributed by atoms with Crippen molar-refractivity contribution in [2.24, 2.45) is 5.92 Å². The maximum absolute atomic E-state index is 5.41. The molecule has 1 aromatic heterocycles. The third-order valence-corrected chi connectivity index (χ3v) is 3.95. The first-order chi connectivity index (χ1) is 9.31. The highest BCUT2D eigenvalue weighted by molar-refractivity contribution is 5.05. The molecular formula is C15H27N3O. The molecule has 0 bridgehead atoms. The van der Waals surface area contributed by atoms with E-state index in [4.69, 9.17) is 4.52 Å². The number of hydrogen-bond donors (Lipinski definition) is 1. The molecule has 4 heteroatoms. The van der Waals surface area contributed by atoms with Crippen molar-refractivity contribution in [1.29, 1.82) is 0 Å². The molecule has 1 saturated heterocycles. The van der Waals surface area contributed by atoms with E-state index in [2.05, 4.69) is 35.3 Å². The second-order valence-electron chi connectivity index (χ2n) is 5.57. The van der Waals surface area contributed by atoms with Gasteiger partial charge < -0.3 is 9.84 Å². The Morgan fingerprint density at radius 1 is 1.37 bits per heavy atom. The molecule has 1 aliphatic heterocycles. The Morgan fingerprint density at radius 2 is 2.16 bits per heavy atom. The summed E-state index contributed by atoms with van der Waals surface area (Å²) in [5.74, 6) is 1.95. The summed E-state index contributed by atoms with van der Waals surface area (Å²) in [6.45, 7) is 9.47. The lowest BCUT2D eigenvalue weighted by atomic mass is 9.92. The molecule has 1 aromatic rings. The molecule has 1 aliphatic rings. The maximum atomic E-state index is 5.41. The fourth-order valence-electron chi connectivity index (χ4n) is 2.83. The summed E-state index contributed by atoms with van der Waals surface area (Å²) >= 11 is 0. The molecule has 108 valence electrons. The van der Waals surface area contributed by atoms with Crippen molar-refractivity contribution >= 4 is 0 Å². The quantitative estimate of drug-likeness (QED) is 0.823. The highest BCUT2D eigenvalue weighted by Gasteiger charge is 2.19. The Labute approximate surface area is 116 Å². The largest absolute Gasteiger partial charge is 0.360 e. The van der Waals surface area contributed by atoms with Crippen molar-refractivity contribution < 1.29 is 4.52 Å². The van der Waals surface area contributed by atoms with Crippen molar-refractivity contribution in [3.05, 3.63) is 17.5 Å². The van der Waals surface area contributed by atoms with Crippen LogP contribution in [0.2, 0.25) is 0 Å². The number of hydrogen-bond acceptors (Lipinski definition) is 4. The van der Waals surface area contributed by atoms with E-state index >= 15 is 0 Å². The lowest BCUT2D eigenvalue weighted by Gasteiger charge is -2.30. The van der Waals surface area contributed by atoms with E-state index in [1.165, 1.54) is 38.8 Å². The molecule has 4 nitrogen and oxygen atoms in total. The minimum absolute atomic E-state index is 0.804. The van der Waals surface area contributed by atoms with E-state index in [1.807, 2.05) is 0 Å². The third-order valence-electron chi connectivity index (χ3n) is 3.95. The Balaban J connectivity index is 1.74. The summed E-state index contributed by atoms with van der Waals surface area (Å²) < 4.78 is 5.41. The van der Waals surface area contributed by atoms with Gasteiger partial charge in [0.05, 0.1) is 12.2 Å². The maximum Gasteiger partial charge on any atom is 0.151 e. The highest BCUT2D eigenvalue weighted by atomic mass is 16.5. The van der Waals surface area contributed by atoms with Gasteiger partial charge in [0, 0.05) is 12.6 Å². The minimum Gasteiger partial charge on any atom is -0.360 e. The van der Waals surface area contributed by atoms with Crippen LogP contribution in [0.4, 0.5) is 0 Å². The van der Waals surface area contributed by atoms with Gasteiger partial charge in [0.25, 0.3) is 0 Å². The fraction of sp³-hybridized carbons (Fsp3) is 0.800. The molecule has 0 aromatic carbocycles. The summed E-state index contributed by atoms with van der Waals surface area (Å²) in [5, 5.41) is 7.36. The highest BCUT2D eigenvalue weighted by Crippen LogP contribution is 2.22. The smallest absolute Gasteiger partial charge is 0.151 e. The fourth-order valence-corrected chi connectivity index (χ4v) is 2.83. The van der Waals surface area contributed by atoms with E-state index in [9.17, 15) is 0 Å². The average Bonchev–Trinajstić information content (AvgIpc) is 2.87. The van der Waals surface area contributed by atoms with Gasteiger partial charge in [-0.15, -0.1) is 0 Å². The number of rotatable bonds is 7. The van der Waals surface area contributed by atoms with Crippen molar-refractivity contribution in [1.82, 2.24) is 15.4 Å². The number of likely N-dealkylation sites (tertiary alicyclic amines) is 1. The van der Waals surface area contributed by atoms with Crippen LogP contribution in [0.3, 0.4) is 0 Å². The molecule has 1 fully saturated rings. The number of nitrogens with zero attached hydrogens (tertiary/aromatic N) is 2. The topological polar surface area (TPSA) is 41.3 Å². The van der Waals surface area contributed by atoms with Crippen LogP contribution in [0.5, 0.6) is 0 Å². The molecule has 2 heterocycles. The Kier molecular flexibility index (Phi) is 5.86. The standard InChI is InChI=1S/C15H27N3O/c1-3-5-13-6-8-18(9-7-13)12-15-10-14(17-19-15)11-16-4-2/h10,13,16H,3-9,11-12H2,1-2H3. The van der Waals surface area contributed by atoms with Gasteiger partial charge in [-0.3, -0.25) is 4.90 Å². The van der Waals surface area contributed by atoms with Crippen LogP contribution in [0.25, 0.3) is 0 Å². The van der Waals surface area contributed by atoms with E-state index in [0.29, 0.717) is 0 Å². The molecule has 0 atom stereocenters. The molecule has 0 unspecified atom stereocenters. The molecule has 0 aliphatic carbocycles. The summed E-state index contributed by atoms with van der Waals surface area (Å²) in [5.41, 5.74) is 1.01. The van der Waals surface area contributed by atoms with Gasteiger partial charge in [-0.05, 0) is 38.4 Å². The normalized spacial score (nSPS) is 18.0. The van der Waals surface area contributed by atoms with Gasteiger partial charge in [-0.1, -0.05) is 31.8 Å². The predicted molar refractivity (Wildman–Crippen MR) is 76.8 cm³/mol. The van der Waals surface area contributed by atoms with Gasteiger partial charge in [0.1, 0.15) is 0 Å². The van der Waals surface area contributed by atoms with Gasteiger partial charge >= 0.3 is 0 Å². The zero-order valence-electron chi connectivity index (χ0n) is 12.3. The Hall–Kier alpha value is -0.870. The number of piperidine rings is 1. The van der Waals surface area contributed by atoms with Crippen molar-refractivity contribution in [3.8, 4) is 0 Å². The van der Waals surface area contributed by atoms with Gasteiger partial charge in [0.2, 0.25) is 0 Å². The predicted octanol–water partition coefficient (Wildman–Crippen LogP) is 2.80. The Bertz CT molecular complexity index is 356. The molecule has 1 N–H and O–H groups in total. The van der Waals surface area contributed by atoms with Gasteiger partial charge in [0.15, 0.2) is 5.76 Å². The van der Waals surface area contributed by atoms with Gasteiger partial charge in [-0.2, -0.15) is 0 Å². The Morgan fingerprint density at radius 3 is 2.84 bits per heavy atom. The third kappa shape index (κ3) is 4.62. The van der Waals surface area contributed by atoms with E-state index in [0.717, 1.165) is 37.0 Å². The lowest BCUT2D eigenvalue weighted by molar-refractivity contribution is 0.157. The molecule has 0 amide bonds. The van der Waals surface area contributed by atoms with Crippen LogP contribution in [0.1, 0.15) is 51.0 Å². The van der Waals surface area contributed by atoms with Crippen LogP contribution in [0.15, 0.2) is 10.6 Å². The second kappa shape index (κ2) is 7.65. The lowest BCUT2D eigenvalue weighted by Crippen LogP contribution is -2.33. The van der Waals surface area contributed by atoms with Crippen molar-refractivity contribution in [2.75, 3.05) is 19.6 Å². The summed E-state index contributed by atoms with van der Waals surface area (Å²) in [7, 11) is 0. The minimum atomic E-state index is 0.804. The SMILES string of the molecule is CCCC1CCN(Cc2cc(CNCC)no2)CC1. The number of aromatic nitrogens is 1. The summed E-state index contributed by atoms with van der Waals surface area (Å²) in [4.78, 5) is 2.49. The monoisotopic (exact) mass is 265 g/mol. The second-order valence-corrected chi connectivity index (χ2v) is 5.57. The number of nitrogens with one attached hydrogen (secondary N) is 1. The van der Waals surface area contributed by atoms with Crippen LogP contribution in [0, 0.1) is 5.92 Å². The summed E-state index contributed by atoms with van der Waals surface area (Å²) in [6, 6.07) is 2.08. The molecule has 0 spiro atoms. The zero-order chi connectivity index (χ0) is 13.5. The van der Waals surface area contributed by atoms with Crippen LogP contribution >= 0.6 is 0 Å². The molecule has 19 heavy (non-hydrogen) atoms. The van der Waals surface area contributed by atoms with Crippen LogP contribution in [-0.4, -0.2) is 29.7 Å². The van der Waals surface area contributed by atoms with Crippen LogP contribution < -0.4 is 5.32 Å². The van der Waals surface area contributed by atoms with Crippen molar-refractivity contribution in [3.63, 3.8) is 0 Å². The van der Waals surface area contributed by atoms with Gasteiger partial charge in [-0.25, -0.2) is 0 Å². The molecule has 2 rings (SSSR count). The molecule has 0 saturated carbocycles. The zero-order valence-corrected chi connectivity index (χ0v) is 12.3.